The molecule has 0 radical (unpaired) electrons. The third kappa shape index (κ3) is 5.64. The largest absolute Gasteiger partial charge is 0.497 e. The lowest BCUT2D eigenvalue weighted by molar-refractivity contribution is 0.104. The minimum Gasteiger partial charge on any atom is -0.497 e. The summed E-state index contributed by atoms with van der Waals surface area (Å²) < 4.78 is 43.8. The highest BCUT2D eigenvalue weighted by atomic mass is 32.2. The van der Waals surface area contributed by atoms with Crippen molar-refractivity contribution in [1.29, 1.82) is 0 Å². The Kier molecular flexibility index (Phi) is 7.24. The van der Waals surface area contributed by atoms with Crippen LogP contribution in [0, 0.1) is 0 Å². The van der Waals surface area contributed by atoms with Crippen LogP contribution in [0.25, 0.3) is 6.08 Å². The fourth-order valence-electron chi connectivity index (χ4n) is 3.02. The average Bonchev–Trinajstić information content (AvgIpc) is 2.82. The molecule has 0 saturated heterocycles. The molecule has 0 aliphatic heterocycles. The number of nitrogens with two attached hydrogens (primary N) is 1. The molecule has 0 spiro atoms. The van der Waals surface area contributed by atoms with Gasteiger partial charge in [0.1, 0.15) is 17.2 Å². The van der Waals surface area contributed by atoms with E-state index in [1.165, 1.54) is 51.7 Å². The molecule has 0 fully saturated rings. The molecule has 3 rings (SSSR count). The van der Waals surface area contributed by atoms with E-state index in [0.717, 1.165) is 0 Å². The molecule has 0 heterocycles. The smallest absolute Gasteiger partial charge is 0.262 e. The van der Waals surface area contributed by atoms with Crippen LogP contribution in [-0.2, 0) is 10.0 Å². The number of sulfonamides is 1. The number of benzene rings is 3. The van der Waals surface area contributed by atoms with Gasteiger partial charge in [-0.2, -0.15) is 0 Å². The molecule has 0 bridgehead atoms. The highest BCUT2D eigenvalue weighted by Crippen LogP contribution is 2.29. The molecule has 172 valence electrons. The maximum absolute atomic E-state index is 12.8. The number of methoxy groups -OCH3 is 3. The molecule has 0 aromatic heterocycles. The average molecular weight is 469 g/mol. The Labute approximate surface area is 192 Å². The molecule has 0 saturated carbocycles. The maximum Gasteiger partial charge on any atom is 0.262 e. The van der Waals surface area contributed by atoms with E-state index in [-0.39, 0.29) is 16.4 Å². The Morgan fingerprint density at radius 2 is 1.58 bits per heavy atom. The van der Waals surface area contributed by atoms with Crippen LogP contribution < -0.4 is 24.7 Å². The third-order valence-electron chi connectivity index (χ3n) is 4.76. The first-order valence-corrected chi connectivity index (χ1v) is 11.3. The van der Waals surface area contributed by atoms with Crippen molar-refractivity contribution in [3.05, 3.63) is 77.9 Å². The van der Waals surface area contributed by atoms with Gasteiger partial charge in [0.25, 0.3) is 10.0 Å². The molecular weight excluding hydrogens is 444 g/mol. The van der Waals surface area contributed by atoms with Crippen LogP contribution >= 0.6 is 0 Å². The van der Waals surface area contributed by atoms with Crippen molar-refractivity contribution >= 4 is 33.3 Å². The number of nitrogens with one attached hydrogen (secondary N) is 1. The Bertz CT molecular complexity index is 1280. The molecule has 9 heteroatoms. The van der Waals surface area contributed by atoms with Gasteiger partial charge in [-0.05, 0) is 60.2 Å². The van der Waals surface area contributed by atoms with Crippen molar-refractivity contribution in [2.75, 3.05) is 31.8 Å². The zero-order chi connectivity index (χ0) is 24.0. The Balaban J connectivity index is 1.87. The summed E-state index contributed by atoms with van der Waals surface area (Å²) in [5.74, 6) is 1.000. The van der Waals surface area contributed by atoms with Crippen LogP contribution in [0.4, 0.5) is 11.4 Å². The summed E-state index contributed by atoms with van der Waals surface area (Å²) in [7, 11) is 0.559. The summed E-state index contributed by atoms with van der Waals surface area (Å²) in [5.41, 5.74) is 7.28. The van der Waals surface area contributed by atoms with Crippen LogP contribution in [0.1, 0.15) is 15.9 Å². The zero-order valence-electron chi connectivity index (χ0n) is 18.4. The summed E-state index contributed by atoms with van der Waals surface area (Å²) in [5, 5.41) is 0. The topological polar surface area (TPSA) is 117 Å². The summed E-state index contributed by atoms with van der Waals surface area (Å²) in [6.07, 6.45) is 2.96. The van der Waals surface area contributed by atoms with Crippen molar-refractivity contribution in [3.63, 3.8) is 0 Å². The van der Waals surface area contributed by atoms with Gasteiger partial charge in [-0.3, -0.25) is 9.52 Å². The lowest BCUT2D eigenvalue weighted by Crippen LogP contribution is -2.13. The second kappa shape index (κ2) is 10.1. The number of hydrogen-bond acceptors (Lipinski definition) is 7. The van der Waals surface area contributed by atoms with E-state index in [9.17, 15) is 13.2 Å². The SMILES string of the molecule is COc1ccc(C(=O)/C=C/c2ccc(OC)c(NS(=O)(=O)c3ccc(N)cc3)c2)c(OC)c1. The second-order valence-electron chi connectivity index (χ2n) is 6.90. The lowest BCUT2D eigenvalue weighted by atomic mass is 10.1. The van der Waals surface area contributed by atoms with Crippen molar-refractivity contribution in [1.82, 2.24) is 0 Å². The molecule has 0 aliphatic rings. The number of anilines is 2. The molecule has 3 aromatic carbocycles. The first kappa shape index (κ1) is 23.7. The number of ether oxygens (including phenoxy) is 3. The number of nitrogen functional groups attached to an aromatic ring is 1. The summed E-state index contributed by atoms with van der Waals surface area (Å²) in [6.45, 7) is 0. The van der Waals surface area contributed by atoms with Gasteiger partial charge in [0.05, 0.1) is 37.5 Å². The van der Waals surface area contributed by atoms with E-state index in [4.69, 9.17) is 19.9 Å². The van der Waals surface area contributed by atoms with Gasteiger partial charge < -0.3 is 19.9 Å². The Hall–Kier alpha value is -3.98. The third-order valence-corrected chi connectivity index (χ3v) is 6.14. The van der Waals surface area contributed by atoms with Gasteiger partial charge in [0.2, 0.25) is 0 Å². The van der Waals surface area contributed by atoms with Crippen molar-refractivity contribution in [2.45, 2.75) is 4.90 Å². The van der Waals surface area contributed by atoms with E-state index >= 15 is 0 Å². The number of rotatable bonds is 9. The van der Waals surface area contributed by atoms with Gasteiger partial charge >= 0.3 is 0 Å². The number of hydrogen-bond donors (Lipinski definition) is 2. The summed E-state index contributed by atoms with van der Waals surface area (Å²) in [4.78, 5) is 12.7. The molecular formula is C24H24N2O6S. The first-order valence-electron chi connectivity index (χ1n) is 9.78. The quantitative estimate of drug-likeness (QED) is 0.277. The predicted octanol–water partition coefficient (Wildman–Crippen LogP) is 3.99. The molecule has 0 atom stereocenters. The molecule has 0 aliphatic carbocycles. The van der Waals surface area contributed by atoms with Gasteiger partial charge in [-0.15, -0.1) is 0 Å². The van der Waals surface area contributed by atoms with Crippen molar-refractivity contribution < 1.29 is 27.4 Å². The Morgan fingerprint density at radius 3 is 2.21 bits per heavy atom. The van der Waals surface area contributed by atoms with Gasteiger partial charge in [-0.1, -0.05) is 12.1 Å². The molecule has 0 amide bonds. The predicted molar refractivity (Wildman–Crippen MR) is 128 cm³/mol. The van der Waals surface area contributed by atoms with E-state index in [2.05, 4.69) is 4.72 Å². The maximum atomic E-state index is 12.8. The number of carbonyl (C=O) groups excluding carboxylic acids is 1. The number of allylic oxidation sites excluding steroid dienone is 1. The van der Waals surface area contributed by atoms with Crippen LogP contribution in [0.3, 0.4) is 0 Å². The van der Waals surface area contributed by atoms with Crippen LogP contribution in [0.15, 0.2) is 71.6 Å². The molecule has 33 heavy (non-hydrogen) atoms. The van der Waals surface area contributed by atoms with Gasteiger partial charge in [-0.25, -0.2) is 8.42 Å². The monoisotopic (exact) mass is 468 g/mol. The lowest BCUT2D eigenvalue weighted by Gasteiger charge is -2.13. The summed E-state index contributed by atoms with van der Waals surface area (Å²) in [6, 6.07) is 15.6. The minimum atomic E-state index is -3.87. The van der Waals surface area contributed by atoms with Crippen LogP contribution in [0.2, 0.25) is 0 Å². The Morgan fingerprint density at radius 1 is 0.879 bits per heavy atom. The molecule has 3 aromatic rings. The number of carbonyl (C=O) groups is 1. The zero-order valence-corrected chi connectivity index (χ0v) is 19.2. The summed E-state index contributed by atoms with van der Waals surface area (Å²) >= 11 is 0. The van der Waals surface area contributed by atoms with Crippen molar-refractivity contribution in [3.8, 4) is 17.2 Å². The van der Waals surface area contributed by atoms with Crippen LogP contribution in [-0.4, -0.2) is 35.5 Å². The number of ketones is 1. The van der Waals surface area contributed by atoms with Gasteiger partial charge in [0.15, 0.2) is 5.78 Å². The highest BCUT2D eigenvalue weighted by molar-refractivity contribution is 7.92. The second-order valence-corrected chi connectivity index (χ2v) is 8.58. The van der Waals surface area contributed by atoms with Crippen LogP contribution in [0.5, 0.6) is 17.2 Å². The molecule has 0 unspecified atom stereocenters. The highest BCUT2D eigenvalue weighted by Gasteiger charge is 2.17. The molecule has 8 nitrogen and oxygen atoms in total. The van der Waals surface area contributed by atoms with E-state index in [0.29, 0.717) is 34.1 Å². The van der Waals surface area contributed by atoms with Crippen molar-refractivity contribution in [2.24, 2.45) is 0 Å². The minimum absolute atomic E-state index is 0.0569. The normalized spacial score (nSPS) is 11.2. The van der Waals surface area contributed by atoms with E-state index in [1.54, 1.807) is 42.5 Å². The standard InChI is InChI=1S/C24H24N2O6S/c1-30-18-8-11-20(24(15-18)32-3)22(27)12-4-16-5-13-23(31-2)21(14-16)26-33(28,29)19-9-6-17(25)7-10-19/h4-15,26H,25H2,1-3H3/b12-4+. The molecule has 3 N–H and O–H groups in total. The fraction of sp³-hybridized carbons (Fsp3) is 0.125. The van der Waals surface area contributed by atoms with Gasteiger partial charge in [0, 0.05) is 11.8 Å². The van der Waals surface area contributed by atoms with E-state index < -0.39 is 10.0 Å². The van der Waals surface area contributed by atoms with E-state index in [1.807, 2.05) is 0 Å². The fourth-order valence-corrected chi connectivity index (χ4v) is 4.08. The first-order chi connectivity index (χ1) is 15.8.